The van der Waals surface area contributed by atoms with Gasteiger partial charge in [0.15, 0.2) is 11.2 Å². The normalized spacial score (nSPS) is 30.8. The molecule has 1 aliphatic carbocycles. The number of ether oxygens (including phenoxy) is 3. The van der Waals surface area contributed by atoms with Gasteiger partial charge >= 0.3 is 6.09 Å². The molecule has 0 aromatic carbocycles. The van der Waals surface area contributed by atoms with Crippen LogP contribution in [0.5, 0.6) is 0 Å². The zero-order chi connectivity index (χ0) is 32.6. The second-order valence-electron chi connectivity index (χ2n) is 10.9. The number of aliphatic hydroxyl groups excluding tert-OH is 1. The smallest absolute Gasteiger partial charge is 0.405 e. The third-order valence-electron chi connectivity index (χ3n) is 7.46. The van der Waals surface area contributed by atoms with Crippen LogP contribution in [-0.4, -0.2) is 72.3 Å². The van der Waals surface area contributed by atoms with Crippen molar-refractivity contribution < 1.29 is 38.5 Å². The predicted octanol–water partition coefficient (Wildman–Crippen LogP) is 3.33. The molecule has 6 atom stereocenters. The summed E-state index contributed by atoms with van der Waals surface area (Å²) in [5.41, 5.74) is 6.30. The number of aliphatic hydroxyl groups is 1. The Morgan fingerprint density at radius 1 is 1.18 bits per heavy atom. The van der Waals surface area contributed by atoms with E-state index in [4.69, 9.17) is 19.9 Å². The molecule has 13 heteroatoms. The van der Waals surface area contributed by atoms with Gasteiger partial charge in [0.25, 0.3) is 5.91 Å². The number of ketones is 2. The van der Waals surface area contributed by atoms with E-state index in [0.717, 1.165) is 6.08 Å². The number of carbonyl (C=O) groups excluding carboxylic acids is 4. The third-order valence-corrected chi connectivity index (χ3v) is 8.15. The third kappa shape index (κ3) is 8.82. The van der Waals surface area contributed by atoms with E-state index in [0.29, 0.717) is 17.1 Å². The molecule has 0 spiro atoms. The van der Waals surface area contributed by atoms with Crippen LogP contribution in [0.4, 0.5) is 9.93 Å². The van der Waals surface area contributed by atoms with E-state index < -0.39 is 53.9 Å². The summed E-state index contributed by atoms with van der Waals surface area (Å²) in [5, 5.41) is 19.0. The second-order valence-corrected chi connectivity index (χ2v) is 11.8. The lowest BCUT2D eigenvalue weighted by Crippen LogP contribution is -2.37. The van der Waals surface area contributed by atoms with Crippen molar-refractivity contribution in [2.24, 2.45) is 17.6 Å². The van der Waals surface area contributed by atoms with E-state index in [2.05, 4.69) is 15.6 Å². The Morgan fingerprint density at radius 3 is 2.52 bits per heavy atom. The van der Waals surface area contributed by atoms with Crippen molar-refractivity contribution in [3.8, 4) is 0 Å². The Morgan fingerprint density at radius 2 is 1.91 bits per heavy atom. The van der Waals surface area contributed by atoms with Crippen LogP contribution in [0.1, 0.15) is 40.5 Å². The van der Waals surface area contributed by atoms with Gasteiger partial charge in [-0.05, 0) is 38.2 Å². The molecule has 2 heterocycles. The molecule has 0 unspecified atom stereocenters. The van der Waals surface area contributed by atoms with Crippen molar-refractivity contribution in [1.82, 2.24) is 10.3 Å². The van der Waals surface area contributed by atoms with Crippen LogP contribution in [0.25, 0.3) is 0 Å². The summed E-state index contributed by atoms with van der Waals surface area (Å²) in [6.07, 6.45) is 5.22. The van der Waals surface area contributed by atoms with Crippen LogP contribution in [0.3, 0.4) is 0 Å². The lowest BCUT2D eigenvalue weighted by atomic mass is 9.85. The van der Waals surface area contributed by atoms with E-state index in [1.807, 2.05) is 6.92 Å². The van der Waals surface area contributed by atoms with Crippen molar-refractivity contribution in [2.45, 2.75) is 65.0 Å². The Bertz CT molecular complexity index is 1390. The highest BCUT2D eigenvalue weighted by Crippen LogP contribution is 2.30. The largest absolute Gasteiger partial charge is 0.439 e. The molecule has 0 fully saturated rings. The maximum Gasteiger partial charge on any atom is 0.405 e. The minimum Gasteiger partial charge on any atom is -0.439 e. The summed E-state index contributed by atoms with van der Waals surface area (Å²) in [7, 11) is 2.92. The topological polar surface area (TPSA) is 179 Å². The zero-order valence-corrected chi connectivity index (χ0v) is 26.5. The number of rotatable bonds is 5. The number of thiazole rings is 1. The highest BCUT2D eigenvalue weighted by molar-refractivity contribution is 7.13. The minimum absolute atomic E-state index is 0.0865. The molecule has 44 heavy (non-hydrogen) atoms. The lowest BCUT2D eigenvalue weighted by Gasteiger charge is -2.30. The molecule has 12 nitrogen and oxygen atoms in total. The van der Waals surface area contributed by atoms with Gasteiger partial charge in [0, 0.05) is 48.9 Å². The summed E-state index contributed by atoms with van der Waals surface area (Å²) in [5.74, 6) is -2.26. The fraction of sp³-hybridized carbons (Fsp3) is 0.452. The average Bonchev–Trinajstić information content (AvgIpc) is 3.49. The van der Waals surface area contributed by atoms with Gasteiger partial charge in [0.1, 0.15) is 6.10 Å². The number of anilines is 1. The fourth-order valence-corrected chi connectivity index (χ4v) is 5.65. The van der Waals surface area contributed by atoms with Crippen LogP contribution in [-0.2, 0) is 28.6 Å². The number of Topliss-reactive ketones (excluding diaryl/α,β-unsaturated/α-hetero) is 1. The summed E-state index contributed by atoms with van der Waals surface area (Å²) >= 11 is 1.27. The number of hydrogen-bond donors (Lipinski definition) is 4. The van der Waals surface area contributed by atoms with Crippen molar-refractivity contribution in [1.29, 1.82) is 0 Å². The first-order valence-corrected chi connectivity index (χ1v) is 15.0. The number of carbonyl (C=O) groups is 4. The molecule has 2 aliphatic rings. The second kappa shape index (κ2) is 15.7. The molecule has 2 bridgehead atoms. The first-order chi connectivity index (χ1) is 20.9. The van der Waals surface area contributed by atoms with Gasteiger partial charge in [-0.3, -0.25) is 14.4 Å². The number of aromatic nitrogens is 1. The van der Waals surface area contributed by atoms with E-state index >= 15 is 0 Å². The van der Waals surface area contributed by atoms with Crippen molar-refractivity contribution in [2.75, 3.05) is 19.5 Å². The summed E-state index contributed by atoms with van der Waals surface area (Å²) < 4.78 is 16.6. The molecule has 0 radical (unpaired) electrons. The van der Waals surface area contributed by atoms with Crippen molar-refractivity contribution in [3.63, 3.8) is 0 Å². The highest BCUT2D eigenvalue weighted by Gasteiger charge is 2.33. The highest BCUT2D eigenvalue weighted by atomic mass is 32.1. The maximum atomic E-state index is 13.7. The van der Waals surface area contributed by atoms with Crippen LogP contribution >= 0.6 is 11.3 Å². The molecule has 1 aromatic rings. The van der Waals surface area contributed by atoms with Gasteiger partial charge in [-0.1, -0.05) is 38.2 Å². The lowest BCUT2D eigenvalue weighted by molar-refractivity contribution is -0.120. The van der Waals surface area contributed by atoms with E-state index in [-0.39, 0.29) is 34.9 Å². The first-order valence-electron chi connectivity index (χ1n) is 14.1. The molecule has 1 aliphatic heterocycles. The summed E-state index contributed by atoms with van der Waals surface area (Å²) in [4.78, 5) is 56.0. The molecule has 0 saturated carbocycles. The monoisotopic (exact) mass is 628 g/mol. The van der Waals surface area contributed by atoms with Gasteiger partial charge in [-0.15, -0.1) is 11.3 Å². The van der Waals surface area contributed by atoms with Crippen molar-refractivity contribution in [3.05, 3.63) is 70.1 Å². The molecule has 5 N–H and O–H groups in total. The van der Waals surface area contributed by atoms with Gasteiger partial charge in [0.05, 0.1) is 23.6 Å². The number of nitrogens with one attached hydrogen (secondary N) is 2. The first kappa shape index (κ1) is 34.6. The number of allylic oxidation sites excluding steroid dienone is 4. The molecular weight excluding hydrogens is 588 g/mol. The predicted molar refractivity (Wildman–Crippen MR) is 165 cm³/mol. The van der Waals surface area contributed by atoms with Gasteiger partial charge in [0.2, 0.25) is 11.6 Å². The van der Waals surface area contributed by atoms with E-state index in [1.54, 1.807) is 50.6 Å². The molecule has 0 saturated heterocycles. The maximum absolute atomic E-state index is 13.7. The molecule has 238 valence electrons. The SMILES string of the molecule is CO[C@@H]1/C=C\C=C(\C)C(=O)NC2=CC(=O)C(Nc3nccs3)=C(C[C@@H](C)C[C@@H](OC)[C@@H](O)[C@@H](C)/C=C(/C)[C@H]1OC(N)=O)C2=O. The van der Waals surface area contributed by atoms with Crippen LogP contribution in [0, 0.1) is 11.8 Å². The number of nitrogens with two attached hydrogens (primary N) is 1. The number of methoxy groups -OCH3 is 2. The van der Waals surface area contributed by atoms with Crippen LogP contribution in [0.2, 0.25) is 0 Å². The Balaban J connectivity index is 2.08. The quantitative estimate of drug-likeness (QED) is 0.279. The number of fused-ring (bicyclic) bond motifs is 2. The van der Waals surface area contributed by atoms with Crippen LogP contribution < -0.4 is 16.4 Å². The standard InChI is InChI=1S/C31H40N4O8S/c1-16-12-20-25(35-31-33-10-11-44-31)22(36)15-21(27(20)38)34-29(39)17(2)8-7-9-23(41-5)28(43-30(32)40)19(4)14-18(3)26(37)24(13-16)42-6/h7-11,14-16,18,23-24,26,28,37H,12-13H2,1-6H3,(H2,32,40)(H,33,35)(H,34,39)/b9-7-,17-8-,19-14-/t16-,18+,23-,24-,26+,28-/m1/s1. The number of nitrogens with zero attached hydrogens (tertiary/aromatic N) is 1. The molecule has 3 rings (SSSR count). The Kier molecular flexibility index (Phi) is 12.3. The zero-order valence-electron chi connectivity index (χ0n) is 25.7. The molecular formula is C31H40N4O8S. The minimum atomic E-state index is -1.00. The molecule has 1 aromatic heterocycles. The van der Waals surface area contributed by atoms with Crippen molar-refractivity contribution >= 4 is 40.0 Å². The average molecular weight is 629 g/mol. The summed E-state index contributed by atoms with van der Waals surface area (Å²) in [6.45, 7) is 6.96. The van der Waals surface area contributed by atoms with Gasteiger partial charge < -0.3 is 35.7 Å². The number of hydrogen-bond acceptors (Lipinski definition) is 11. The van der Waals surface area contributed by atoms with E-state index in [1.165, 1.54) is 31.6 Å². The number of primary amides is 1. The van der Waals surface area contributed by atoms with Gasteiger partial charge in [-0.2, -0.15) is 0 Å². The van der Waals surface area contributed by atoms with Crippen LogP contribution in [0.15, 0.2) is 70.1 Å². The Labute approximate surface area is 260 Å². The van der Waals surface area contributed by atoms with E-state index in [9.17, 15) is 24.3 Å². The summed E-state index contributed by atoms with van der Waals surface area (Å²) in [6, 6.07) is 0. The molecule has 2 amide bonds. The number of amides is 2. The fourth-order valence-electron chi connectivity index (χ4n) is 5.11. The van der Waals surface area contributed by atoms with Gasteiger partial charge in [-0.25, -0.2) is 9.78 Å². The Hall–Kier alpha value is -3.91.